The predicted molar refractivity (Wildman–Crippen MR) is 91.6 cm³/mol. The minimum Gasteiger partial charge on any atom is -0.364 e. The van der Waals surface area contributed by atoms with Crippen LogP contribution in [0.2, 0.25) is 0 Å². The third kappa shape index (κ3) is 4.89. The Morgan fingerprint density at radius 2 is 2.11 bits per heavy atom. The van der Waals surface area contributed by atoms with Gasteiger partial charge in [-0.15, -0.1) is 0 Å². The van der Waals surface area contributed by atoms with Gasteiger partial charge in [-0.1, -0.05) is 23.4 Å². The average Bonchev–Trinajstić information content (AvgIpc) is 3.16. The molecule has 10 heteroatoms. The predicted octanol–water partition coefficient (Wildman–Crippen LogP) is 1.70. The molecule has 0 aliphatic carbocycles. The zero-order valence-electron chi connectivity index (χ0n) is 14.8. The van der Waals surface area contributed by atoms with Gasteiger partial charge in [-0.05, 0) is 11.6 Å². The summed E-state index contributed by atoms with van der Waals surface area (Å²) < 4.78 is 44.4. The molecule has 3 rings (SSSR count). The lowest BCUT2D eigenvalue weighted by Crippen LogP contribution is -2.56. The van der Waals surface area contributed by atoms with E-state index in [2.05, 4.69) is 20.3 Å². The number of carbonyl (C=O) groups is 2. The van der Waals surface area contributed by atoms with Crippen LogP contribution in [0.1, 0.15) is 23.2 Å². The molecule has 1 aromatic carbocycles. The molecule has 2 amide bonds. The molecule has 1 fully saturated rings. The van der Waals surface area contributed by atoms with Crippen LogP contribution in [0.3, 0.4) is 0 Å². The summed E-state index contributed by atoms with van der Waals surface area (Å²) in [6, 6.07) is 5.98. The molecule has 2 aromatic rings. The van der Waals surface area contributed by atoms with E-state index in [1.54, 1.807) is 11.0 Å². The van der Waals surface area contributed by atoms with E-state index in [4.69, 9.17) is 0 Å². The van der Waals surface area contributed by atoms with Crippen molar-refractivity contribution in [1.29, 1.82) is 0 Å². The number of alkyl halides is 3. The molecule has 0 bridgehead atoms. The summed E-state index contributed by atoms with van der Waals surface area (Å²) in [4.78, 5) is 26.1. The molecule has 1 aliphatic heterocycles. The van der Waals surface area contributed by atoms with Crippen molar-refractivity contribution in [1.82, 2.24) is 20.7 Å². The lowest BCUT2D eigenvalue weighted by atomic mass is 10.0. The standard InChI is InChI=1S/C18H19F3N4O3/c19-18(20,21)14-4-2-1-3-12(14)11-25-7-6-22-17(27)15(25)9-16(26)23-10-13-5-8-28-24-13/h1-5,8,15H,6-7,9-11H2,(H,22,27)(H,23,26). The number of aromatic nitrogens is 1. The van der Waals surface area contributed by atoms with Crippen LogP contribution in [0.15, 0.2) is 41.1 Å². The van der Waals surface area contributed by atoms with E-state index in [9.17, 15) is 22.8 Å². The van der Waals surface area contributed by atoms with E-state index in [1.165, 1.54) is 24.5 Å². The monoisotopic (exact) mass is 396 g/mol. The molecule has 0 spiro atoms. The number of rotatable bonds is 6. The van der Waals surface area contributed by atoms with E-state index in [1.807, 2.05) is 0 Å². The minimum absolute atomic E-state index is 0.0673. The number of hydrogen-bond acceptors (Lipinski definition) is 5. The molecule has 2 N–H and O–H groups in total. The van der Waals surface area contributed by atoms with Crippen molar-refractivity contribution in [3.63, 3.8) is 0 Å². The average molecular weight is 396 g/mol. The van der Waals surface area contributed by atoms with Crippen molar-refractivity contribution in [3.05, 3.63) is 53.4 Å². The van der Waals surface area contributed by atoms with E-state index in [0.717, 1.165) is 6.07 Å². The van der Waals surface area contributed by atoms with Crippen molar-refractivity contribution < 1.29 is 27.3 Å². The van der Waals surface area contributed by atoms with Gasteiger partial charge < -0.3 is 15.2 Å². The second kappa shape index (κ2) is 8.42. The first-order valence-corrected chi connectivity index (χ1v) is 8.67. The van der Waals surface area contributed by atoms with Gasteiger partial charge in [0.05, 0.1) is 24.6 Å². The maximum atomic E-state index is 13.2. The number of halogens is 3. The summed E-state index contributed by atoms with van der Waals surface area (Å²) in [5, 5.41) is 8.95. The van der Waals surface area contributed by atoms with Gasteiger partial charge in [-0.2, -0.15) is 13.2 Å². The first-order chi connectivity index (χ1) is 13.3. The smallest absolute Gasteiger partial charge is 0.364 e. The van der Waals surface area contributed by atoms with Crippen LogP contribution >= 0.6 is 0 Å². The lowest BCUT2D eigenvalue weighted by Gasteiger charge is -2.35. The molecule has 1 atom stereocenters. The van der Waals surface area contributed by atoms with Gasteiger partial charge >= 0.3 is 6.18 Å². The highest BCUT2D eigenvalue weighted by Gasteiger charge is 2.36. The summed E-state index contributed by atoms with van der Waals surface area (Å²) in [5.74, 6) is -0.786. The molecule has 1 saturated heterocycles. The SMILES string of the molecule is O=C(CC1C(=O)NCCN1Cc1ccccc1C(F)(F)F)NCc1ccon1. The second-order valence-electron chi connectivity index (χ2n) is 6.40. The highest BCUT2D eigenvalue weighted by molar-refractivity contribution is 5.88. The lowest BCUT2D eigenvalue weighted by molar-refractivity contribution is -0.139. The molecule has 1 aliphatic rings. The Labute approximate surface area is 158 Å². The minimum atomic E-state index is -4.49. The Morgan fingerprint density at radius 3 is 2.82 bits per heavy atom. The first kappa shape index (κ1) is 19.9. The van der Waals surface area contributed by atoms with Crippen molar-refractivity contribution in [3.8, 4) is 0 Å². The molecule has 28 heavy (non-hydrogen) atoms. The first-order valence-electron chi connectivity index (χ1n) is 8.67. The molecule has 1 unspecified atom stereocenters. The zero-order chi connectivity index (χ0) is 20.1. The van der Waals surface area contributed by atoms with Crippen molar-refractivity contribution in [2.24, 2.45) is 0 Å². The molecular weight excluding hydrogens is 377 g/mol. The summed E-state index contributed by atoms with van der Waals surface area (Å²) >= 11 is 0. The molecule has 1 aromatic heterocycles. The topological polar surface area (TPSA) is 87.5 Å². The van der Waals surface area contributed by atoms with Crippen LogP contribution in [-0.4, -0.2) is 41.0 Å². The van der Waals surface area contributed by atoms with Crippen LogP contribution < -0.4 is 10.6 Å². The van der Waals surface area contributed by atoms with Crippen molar-refractivity contribution in [2.75, 3.05) is 13.1 Å². The van der Waals surface area contributed by atoms with Crippen LogP contribution in [0, 0.1) is 0 Å². The molecule has 150 valence electrons. The normalized spacial score (nSPS) is 18.0. The van der Waals surface area contributed by atoms with Crippen LogP contribution in [-0.2, 0) is 28.9 Å². The van der Waals surface area contributed by atoms with E-state index in [0.29, 0.717) is 18.8 Å². The van der Waals surface area contributed by atoms with Gasteiger partial charge in [-0.25, -0.2) is 0 Å². The summed E-state index contributed by atoms with van der Waals surface area (Å²) in [7, 11) is 0. The molecule has 0 radical (unpaired) electrons. The number of benzene rings is 1. The zero-order valence-corrected chi connectivity index (χ0v) is 14.8. The number of carbonyl (C=O) groups excluding carboxylic acids is 2. The van der Waals surface area contributed by atoms with Crippen LogP contribution in [0.5, 0.6) is 0 Å². The molecule has 2 heterocycles. The van der Waals surface area contributed by atoms with Gasteiger partial charge in [0.15, 0.2) is 0 Å². The largest absolute Gasteiger partial charge is 0.416 e. The fourth-order valence-electron chi connectivity index (χ4n) is 3.09. The Kier molecular flexibility index (Phi) is 5.98. The fourth-order valence-corrected chi connectivity index (χ4v) is 3.09. The van der Waals surface area contributed by atoms with Gasteiger partial charge in [0.1, 0.15) is 12.0 Å². The number of nitrogens with zero attached hydrogens (tertiary/aromatic N) is 2. The van der Waals surface area contributed by atoms with Gasteiger partial charge in [-0.3, -0.25) is 14.5 Å². The third-order valence-corrected chi connectivity index (χ3v) is 4.47. The number of amides is 2. The number of hydrogen-bond donors (Lipinski definition) is 2. The van der Waals surface area contributed by atoms with E-state index in [-0.39, 0.29) is 31.0 Å². The molecule has 0 saturated carbocycles. The maximum Gasteiger partial charge on any atom is 0.416 e. The molecular formula is C18H19F3N4O3. The van der Waals surface area contributed by atoms with Crippen molar-refractivity contribution in [2.45, 2.75) is 31.7 Å². The van der Waals surface area contributed by atoms with E-state index < -0.39 is 23.7 Å². The van der Waals surface area contributed by atoms with Gasteiger partial charge in [0, 0.05) is 25.7 Å². The highest BCUT2D eigenvalue weighted by atomic mass is 19.4. The second-order valence-corrected chi connectivity index (χ2v) is 6.40. The van der Waals surface area contributed by atoms with Crippen molar-refractivity contribution >= 4 is 11.8 Å². The van der Waals surface area contributed by atoms with Gasteiger partial charge in [0.25, 0.3) is 0 Å². The Balaban J connectivity index is 1.69. The Morgan fingerprint density at radius 1 is 1.32 bits per heavy atom. The van der Waals surface area contributed by atoms with Crippen LogP contribution in [0.25, 0.3) is 0 Å². The Bertz CT molecular complexity index is 824. The summed E-state index contributed by atoms with van der Waals surface area (Å²) in [6.07, 6.45) is -3.28. The summed E-state index contributed by atoms with van der Waals surface area (Å²) in [6.45, 7) is 0.716. The highest BCUT2D eigenvalue weighted by Crippen LogP contribution is 2.32. The maximum absolute atomic E-state index is 13.2. The fraction of sp³-hybridized carbons (Fsp3) is 0.389. The third-order valence-electron chi connectivity index (χ3n) is 4.47. The number of piperazine rings is 1. The summed E-state index contributed by atoms with van der Waals surface area (Å²) in [5.41, 5.74) is -0.148. The quantitative estimate of drug-likeness (QED) is 0.776. The molecule has 7 nitrogen and oxygen atoms in total. The van der Waals surface area contributed by atoms with Gasteiger partial charge in [0.2, 0.25) is 11.8 Å². The number of nitrogens with one attached hydrogen (secondary N) is 2. The van der Waals surface area contributed by atoms with E-state index >= 15 is 0 Å². The Hall–Kier alpha value is -2.88. The van der Waals surface area contributed by atoms with Crippen LogP contribution in [0.4, 0.5) is 13.2 Å².